The first-order valence-corrected chi connectivity index (χ1v) is 4.11. The molecule has 11 heavy (non-hydrogen) atoms. The topological polar surface area (TPSA) is 4.36 Å². The zero-order chi connectivity index (χ0) is 8.27. The first-order valence-electron chi connectivity index (χ1n) is 3.32. The number of rotatable bonds is 1. The summed E-state index contributed by atoms with van der Waals surface area (Å²) in [6.45, 7) is 9.21. The summed E-state index contributed by atoms with van der Waals surface area (Å²) >= 11 is 3.37. The fourth-order valence-electron chi connectivity index (χ4n) is 0.922. The molecule has 0 atom stereocenters. The number of aryl methyl sites for hydroxylation is 1. The van der Waals surface area contributed by atoms with E-state index in [1.165, 1.54) is 5.56 Å². The summed E-state index contributed by atoms with van der Waals surface area (Å²) in [6, 6.07) is 5.98. The van der Waals surface area contributed by atoms with E-state index in [0.29, 0.717) is 6.54 Å². The molecule has 1 aromatic carbocycles. The van der Waals surface area contributed by atoms with Gasteiger partial charge in [-0.05, 0) is 24.6 Å². The van der Waals surface area contributed by atoms with E-state index in [9.17, 15) is 0 Å². The molecule has 0 amide bonds. The molecule has 0 fully saturated rings. The van der Waals surface area contributed by atoms with Gasteiger partial charge in [-0.2, -0.15) is 0 Å². The molecule has 0 N–H and O–H groups in total. The van der Waals surface area contributed by atoms with E-state index in [1.54, 1.807) is 0 Å². The van der Waals surface area contributed by atoms with E-state index >= 15 is 0 Å². The standard InChI is InChI=1S/C9H8BrN/c1-7-5-9(10)4-3-8(7)6-11-2/h3-5H,6H2,1H3. The van der Waals surface area contributed by atoms with Crippen LogP contribution in [0.3, 0.4) is 0 Å². The van der Waals surface area contributed by atoms with Crippen LogP contribution in [0.5, 0.6) is 0 Å². The summed E-state index contributed by atoms with van der Waals surface area (Å²) in [5.74, 6) is 0. The van der Waals surface area contributed by atoms with E-state index in [4.69, 9.17) is 6.57 Å². The molecule has 1 nitrogen and oxygen atoms in total. The molecule has 2 heteroatoms. The zero-order valence-electron chi connectivity index (χ0n) is 6.26. The Labute approximate surface area is 75.0 Å². The lowest BCUT2D eigenvalue weighted by Crippen LogP contribution is -1.84. The van der Waals surface area contributed by atoms with Gasteiger partial charge in [-0.15, -0.1) is 0 Å². The summed E-state index contributed by atoms with van der Waals surface area (Å²) in [4.78, 5) is 3.33. The van der Waals surface area contributed by atoms with E-state index in [0.717, 1.165) is 10.0 Å². The Morgan fingerprint density at radius 1 is 1.55 bits per heavy atom. The maximum Gasteiger partial charge on any atom is 0.240 e. The minimum Gasteiger partial charge on any atom is -0.312 e. The van der Waals surface area contributed by atoms with Crippen LogP contribution in [-0.2, 0) is 6.54 Å². The molecule has 1 rings (SSSR count). The molecule has 0 radical (unpaired) electrons. The Kier molecular flexibility index (Phi) is 2.67. The van der Waals surface area contributed by atoms with Crippen LogP contribution in [0.4, 0.5) is 0 Å². The smallest absolute Gasteiger partial charge is 0.240 e. The Balaban J connectivity index is 3.01. The Bertz CT molecular complexity index is 299. The lowest BCUT2D eigenvalue weighted by molar-refractivity contribution is 1.20. The minimum absolute atomic E-state index is 0.485. The fourth-order valence-corrected chi connectivity index (χ4v) is 1.40. The van der Waals surface area contributed by atoms with Gasteiger partial charge in [0.15, 0.2) is 0 Å². The third-order valence-electron chi connectivity index (χ3n) is 1.55. The molecule has 0 unspecified atom stereocenters. The Morgan fingerprint density at radius 2 is 2.27 bits per heavy atom. The van der Waals surface area contributed by atoms with E-state index in [-0.39, 0.29) is 0 Å². The first kappa shape index (κ1) is 8.29. The summed E-state index contributed by atoms with van der Waals surface area (Å²) in [5, 5.41) is 0. The maximum absolute atomic E-state index is 6.70. The second-order valence-electron chi connectivity index (χ2n) is 2.39. The van der Waals surface area contributed by atoms with Gasteiger partial charge in [0.05, 0.1) is 0 Å². The van der Waals surface area contributed by atoms with Crippen molar-refractivity contribution in [2.45, 2.75) is 13.5 Å². The molecule has 56 valence electrons. The van der Waals surface area contributed by atoms with Crippen molar-refractivity contribution in [2.24, 2.45) is 0 Å². The molecule has 0 spiro atoms. The minimum atomic E-state index is 0.485. The number of hydrogen-bond acceptors (Lipinski definition) is 0. The predicted octanol–water partition coefficient (Wildman–Crippen LogP) is 3.18. The summed E-state index contributed by atoms with van der Waals surface area (Å²) in [7, 11) is 0. The van der Waals surface area contributed by atoms with Gasteiger partial charge in [-0.25, -0.2) is 6.57 Å². The average molecular weight is 210 g/mol. The van der Waals surface area contributed by atoms with E-state index in [2.05, 4.69) is 20.8 Å². The van der Waals surface area contributed by atoms with Crippen LogP contribution in [0.25, 0.3) is 4.85 Å². The van der Waals surface area contributed by atoms with Crippen LogP contribution in [0.1, 0.15) is 11.1 Å². The van der Waals surface area contributed by atoms with Crippen molar-refractivity contribution in [3.05, 3.63) is 45.2 Å². The van der Waals surface area contributed by atoms with E-state index < -0.39 is 0 Å². The van der Waals surface area contributed by atoms with Crippen molar-refractivity contribution >= 4 is 15.9 Å². The number of halogens is 1. The largest absolute Gasteiger partial charge is 0.312 e. The third kappa shape index (κ3) is 2.06. The molecule has 0 saturated heterocycles. The van der Waals surface area contributed by atoms with Crippen LogP contribution in [0, 0.1) is 13.5 Å². The van der Waals surface area contributed by atoms with Crippen molar-refractivity contribution in [1.82, 2.24) is 0 Å². The number of hydrogen-bond donors (Lipinski definition) is 0. The molecular formula is C9H8BrN. The molecule has 0 aliphatic carbocycles. The Hall–Kier alpha value is -0.810. The fraction of sp³-hybridized carbons (Fsp3) is 0.222. The summed E-state index contributed by atoms with van der Waals surface area (Å²) < 4.78 is 1.07. The average Bonchev–Trinajstić information content (AvgIpc) is 1.95. The molecular weight excluding hydrogens is 202 g/mol. The highest BCUT2D eigenvalue weighted by atomic mass is 79.9. The van der Waals surface area contributed by atoms with Crippen LogP contribution in [-0.4, -0.2) is 0 Å². The molecule has 0 saturated carbocycles. The van der Waals surface area contributed by atoms with Gasteiger partial charge in [-0.3, -0.25) is 0 Å². The van der Waals surface area contributed by atoms with Crippen LogP contribution in [0.15, 0.2) is 22.7 Å². The van der Waals surface area contributed by atoms with Crippen molar-refractivity contribution in [2.75, 3.05) is 0 Å². The highest BCUT2D eigenvalue weighted by Gasteiger charge is 1.99. The highest BCUT2D eigenvalue weighted by Crippen LogP contribution is 2.16. The predicted molar refractivity (Wildman–Crippen MR) is 49.2 cm³/mol. The van der Waals surface area contributed by atoms with E-state index in [1.807, 2.05) is 25.1 Å². The quantitative estimate of drug-likeness (QED) is 0.627. The van der Waals surface area contributed by atoms with Gasteiger partial charge in [0.1, 0.15) is 0 Å². The van der Waals surface area contributed by atoms with Gasteiger partial charge in [0, 0.05) is 10.0 Å². The normalized spacial score (nSPS) is 9.18. The van der Waals surface area contributed by atoms with Gasteiger partial charge < -0.3 is 4.85 Å². The highest BCUT2D eigenvalue weighted by molar-refractivity contribution is 9.10. The van der Waals surface area contributed by atoms with Crippen LogP contribution >= 0.6 is 15.9 Å². The number of nitrogens with zero attached hydrogens (tertiary/aromatic N) is 1. The lowest BCUT2D eigenvalue weighted by Gasteiger charge is -1.98. The molecule has 0 aliphatic rings. The van der Waals surface area contributed by atoms with Crippen molar-refractivity contribution in [3.63, 3.8) is 0 Å². The van der Waals surface area contributed by atoms with Gasteiger partial charge >= 0.3 is 0 Å². The van der Waals surface area contributed by atoms with Crippen molar-refractivity contribution in [1.29, 1.82) is 0 Å². The molecule has 0 aromatic heterocycles. The monoisotopic (exact) mass is 209 g/mol. The number of benzene rings is 1. The van der Waals surface area contributed by atoms with Crippen molar-refractivity contribution in [3.8, 4) is 0 Å². The maximum atomic E-state index is 6.70. The van der Waals surface area contributed by atoms with Crippen LogP contribution in [0.2, 0.25) is 0 Å². The molecule has 0 bridgehead atoms. The summed E-state index contributed by atoms with van der Waals surface area (Å²) in [6.07, 6.45) is 0. The summed E-state index contributed by atoms with van der Waals surface area (Å²) in [5.41, 5.74) is 2.29. The second-order valence-corrected chi connectivity index (χ2v) is 3.30. The zero-order valence-corrected chi connectivity index (χ0v) is 7.85. The second kappa shape index (κ2) is 3.54. The lowest BCUT2D eigenvalue weighted by atomic mass is 10.1. The molecule has 0 heterocycles. The molecule has 1 aromatic rings. The third-order valence-corrected chi connectivity index (χ3v) is 2.05. The van der Waals surface area contributed by atoms with Crippen LogP contribution < -0.4 is 0 Å². The van der Waals surface area contributed by atoms with Gasteiger partial charge in [0.2, 0.25) is 6.54 Å². The Morgan fingerprint density at radius 3 is 2.82 bits per heavy atom. The van der Waals surface area contributed by atoms with Gasteiger partial charge in [0.25, 0.3) is 0 Å². The molecule has 0 aliphatic heterocycles. The van der Waals surface area contributed by atoms with Crippen molar-refractivity contribution < 1.29 is 0 Å². The van der Waals surface area contributed by atoms with Gasteiger partial charge in [-0.1, -0.05) is 22.0 Å². The first-order chi connectivity index (χ1) is 5.24. The SMILES string of the molecule is [C-]#[N+]Cc1ccc(Br)cc1C.